The summed E-state index contributed by atoms with van der Waals surface area (Å²) in [4.78, 5) is 12.3. The maximum absolute atomic E-state index is 12.3. The number of benzene rings is 3. The molecule has 0 radical (unpaired) electrons. The van der Waals surface area contributed by atoms with E-state index in [-0.39, 0.29) is 12.6 Å². The molecule has 0 heterocycles. The molecule has 0 aliphatic heterocycles. The Morgan fingerprint density at radius 2 is 1.68 bits per heavy atom. The van der Waals surface area contributed by atoms with E-state index < -0.39 is 0 Å². The summed E-state index contributed by atoms with van der Waals surface area (Å²) in [5.41, 5.74) is 2.44. The van der Waals surface area contributed by atoms with E-state index in [4.69, 9.17) is 16.3 Å². The van der Waals surface area contributed by atoms with E-state index in [0.717, 1.165) is 21.9 Å². The second-order valence-electron chi connectivity index (χ2n) is 5.05. The lowest BCUT2D eigenvalue weighted by atomic mass is 10.0. The first-order valence-electron chi connectivity index (χ1n) is 7.06. The summed E-state index contributed by atoms with van der Waals surface area (Å²) >= 11 is 6.00. The van der Waals surface area contributed by atoms with E-state index >= 15 is 0 Å². The van der Waals surface area contributed by atoms with Gasteiger partial charge in [0.1, 0.15) is 6.61 Å². The summed E-state index contributed by atoms with van der Waals surface area (Å²) in [5, 5.41) is 2.06. The number of fused-ring (bicyclic) bond motifs is 1. The predicted octanol–water partition coefficient (Wildman–Crippen LogP) is 4.94. The molecular formula is C19H15ClO2. The predicted molar refractivity (Wildman–Crippen MR) is 89.1 cm³/mol. The molecule has 0 spiro atoms. The van der Waals surface area contributed by atoms with E-state index in [1.165, 1.54) is 0 Å². The highest BCUT2D eigenvalue weighted by Gasteiger charge is 2.11. The average molecular weight is 311 g/mol. The molecule has 3 aromatic rings. The van der Waals surface area contributed by atoms with Gasteiger partial charge < -0.3 is 4.74 Å². The zero-order chi connectivity index (χ0) is 15.4. The van der Waals surface area contributed by atoms with Gasteiger partial charge in [-0.25, -0.2) is 4.79 Å². The zero-order valence-corrected chi connectivity index (χ0v) is 12.7. The molecule has 0 saturated carbocycles. The van der Waals surface area contributed by atoms with Gasteiger partial charge in [0.2, 0.25) is 0 Å². The number of hydrogen-bond acceptors (Lipinski definition) is 2. The van der Waals surface area contributed by atoms with Crippen LogP contribution in [-0.2, 0) is 17.2 Å². The largest absolute Gasteiger partial charge is 0.457 e. The van der Waals surface area contributed by atoms with Crippen LogP contribution in [0.25, 0.3) is 10.8 Å². The van der Waals surface area contributed by atoms with Crippen LogP contribution in [0.3, 0.4) is 0 Å². The molecule has 3 rings (SSSR count). The lowest BCUT2D eigenvalue weighted by Gasteiger charge is -2.09. The monoisotopic (exact) mass is 310 g/mol. The lowest BCUT2D eigenvalue weighted by Crippen LogP contribution is -2.06. The molecule has 0 aliphatic rings. The highest BCUT2D eigenvalue weighted by atomic mass is 35.5. The average Bonchev–Trinajstić information content (AvgIpc) is 2.59. The van der Waals surface area contributed by atoms with Gasteiger partial charge in [-0.05, 0) is 34.0 Å². The molecule has 3 heteroatoms. The molecule has 0 bridgehead atoms. The van der Waals surface area contributed by atoms with Crippen molar-refractivity contribution < 1.29 is 9.53 Å². The first kappa shape index (κ1) is 14.6. The maximum atomic E-state index is 12.3. The Hall–Kier alpha value is -2.32. The molecule has 0 amide bonds. The number of esters is 1. The van der Waals surface area contributed by atoms with Gasteiger partial charge in [0.25, 0.3) is 0 Å². The number of halogens is 1. The fraction of sp³-hybridized carbons (Fsp3) is 0.105. The third kappa shape index (κ3) is 3.12. The van der Waals surface area contributed by atoms with E-state index in [1.807, 2.05) is 66.7 Å². The van der Waals surface area contributed by atoms with E-state index in [2.05, 4.69) is 0 Å². The second kappa shape index (κ2) is 6.63. The minimum atomic E-state index is -0.332. The van der Waals surface area contributed by atoms with E-state index in [9.17, 15) is 4.79 Å². The van der Waals surface area contributed by atoms with Crippen molar-refractivity contribution in [1.29, 1.82) is 0 Å². The number of alkyl halides is 1. The normalized spacial score (nSPS) is 10.6. The summed E-state index contributed by atoms with van der Waals surface area (Å²) in [6, 6.07) is 21.2. The maximum Gasteiger partial charge on any atom is 0.338 e. The number of hydrogen-bond donors (Lipinski definition) is 0. The van der Waals surface area contributed by atoms with Gasteiger partial charge >= 0.3 is 5.97 Å². The minimum absolute atomic E-state index is 0.267. The van der Waals surface area contributed by atoms with Crippen molar-refractivity contribution in [3.63, 3.8) is 0 Å². The summed E-state index contributed by atoms with van der Waals surface area (Å²) in [7, 11) is 0. The van der Waals surface area contributed by atoms with Gasteiger partial charge in [-0.15, -0.1) is 11.6 Å². The Morgan fingerprint density at radius 1 is 0.955 bits per heavy atom. The number of rotatable bonds is 4. The third-order valence-electron chi connectivity index (χ3n) is 3.54. The van der Waals surface area contributed by atoms with Crippen LogP contribution < -0.4 is 0 Å². The van der Waals surface area contributed by atoms with Gasteiger partial charge in [0, 0.05) is 5.88 Å². The van der Waals surface area contributed by atoms with Crippen molar-refractivity contribution in [2.75, 3.05) is 0 Å². The Balaban J connectivity index is 1.84. The highest BCUT2D eigenvalue weighted by molar-refractivity contribution is 6.18. The Kier molecular flexibility index (Phi) is 4.40. The molecule has 0 unspecified atom stereocenters. The van der Waals surface area contributed by atoms with Gasteiger partial charge in [0.05, 0.1) is 5.56 Å². The molecule has 0 atom stereocenters. The molecule has 0 N–H and O–H groups in total. The SMILES string of the molecule is O=C(OCc1ccccc1)c1cc(CCl)c2ccccc2c1. The van der Waals surface area contributed by atoms with Gasteiger partial charge in [-0.2, -0.15) is 0 Å². The van der Waals surface area contributed by atoms with E-state index in [1.54, 1.807) is 0 Å². The van der Waals surface area contributed by atoms with Gasteiger partial charge in [0.15, 0.2) is 0 Å². The summed E-state index contributed by atoms with van der Waals surface area (Å²) in [5.74, 6) is 0.0290. The standard InChI is InChI=1S/C19H15ClO2/c20-12-17-11-16(10-15-8-4-5-9-18(15)17)19(21)22-13-14-6-2-1-3-7-14/h1-11H,12-13H2. The van der Waals surface area contributed by atoms with Crippen LogP contribution in [0.2, 0.25) is 0 Å². The van der Waals surface area contributed by atoms with Gasteiger partial charge in [-0.3, -0.25) is 0 Å². The van der Waals surface area contributed by atoms with Crippen molar-refractivity contribution in [3.8, 4) is 0 Å². The number of carbonyl (C=O) groups excluding carboxylic acids is 1. The van der Waals surface area contributed by atoms with Crippen molar-refractivity contribution in [3.05, 3.63) is 83.4 Å². The molecule has 0 saturated heterocycles. The molecule has 22 heavy (non-hydrogen) atoms. The number of carbonyl (C=O) groups is 1. The first-order chi connectivity index (χ1) is 10.8. The molecule has 0 aromatic heterocycles. The van der Waals surface area contributed by atoms with Gasteiger partial charge in [-0.1, -0.05) is 54.6 Å². The summed E-state index contributed by atoms with van der Waals surface area (Å²) < 4.78 is 5.38. The van der Waals surface area contributed by atoms with Crippen molar-refractivity contribution >= 4 is 28.3 Å². The minimum Gasteiger partial charge on any atom is -0.457 e. The zero-order valence-electron chi connectivity index (χ0n) is 12.0. The van der Waals surface area contributed by atoms with Crippen LogP contribution in [0.5, 0.6) is 0 Å². The van der Waals surface area contributed by atoms with Crippen molar-refractivity contribution in [2.24, 2.45) is 0 Å². The lowest BCUT2D eigenvalue weighted by molar-refractivity contribution is 0.0473. The topological polar surface area (TPSA) is 26.3 Å². The van der Waals surface area contributed by atoms with Crippen LogP contribution in [0.1, 0.15) is 21.5 Å². The first-order valence-corrected chi connectivity index (χ1v) is 7.60. The van der Waals surface area contributed by atoms with Crippen LogP contribution in [0.15, 0.2) is 66.7 Å². The second-order valence-corrected chi connectivity index (χ2v) is 5.32. The van der Waals surface area contributed by atoms with Crippen LogP contribution in [0, 0.1) is 0 Å². The Labute approximate surface area is 134 Å². The van der Waals surface area contributed by atoms with Crippen LogP contribution in [-0.4, -0.2) is 5.97 Å². The highest BCUT2D eigenvalue weighted by Crippen LogP contribution is 2.23. The quantitative estimate of drug-likeness (QED) is 0.504. The van der Waals surface area contributed by atoms with Crippen molar-refractivity contribution in [2.45, 2.75) is 12.5 Å². The molecule has 3 aromatic carbocycles. The Bertz CT molecular complexity index is 797. The van der Waals surface area contributed by atoms with Crippen molar-refractivity contribution in [1.82, 2.24) is 0 Å². The van der Waals surface area contributed by atoms with Crippen LogP contribution >= 0.6 is 11.6 Å². The molecule has 110 valence electrons. The molecule has 2 nitrogen and oxygen atoms in total. The smallest absolute Gasteiger partial charge is 0.338 e. The summed E-state index contributed by atoms with van der Waals surface area (Å²) in [6.07, 6.45) is 0. The number of ether oxygens (including phenoxy) is 1. The van der Waals surface area contributed by atoms with Crippen LogP contribution in [0.4, 0.5) is 0 Å². The summed E-state index contributed by atoms with van der Waals surface area (Å²) in [6.45, 7) is 0.267. The van der Waals surface area contributed by atoms with E-state index in [0.29, 0.717) is 11.4 Å². The molecule has 0 fully saturated rings. The fourth-order valence-corrected chi connectivity index (χ4v) is 2.65. The fourth-order valence-electron chi connectivity index (χ4n) is 2.42. The third-order valence-corrected chi connectivity index (χ3v) is 3.83. The molecular weight excluding hydrogens is 296 g/mol. The molecule has 0 aliphatic carbocycles. The Morgan fingerprint density at radius 3 is 2.45 bits per heavy atom.